The molecule has 0 aromatic carbocycles. The van der Waals surface area contributed by atoms with Gasteiger partial charge in [0.15, 0.2) is 0 Å². The summed E-state index contributed by atoms with van der Waals surface area (Å²) in [4.78, 5) is 32.3. The van der Waals surface area contributed by atoms with Crippen molar-refractivity contribution in [1.29, 1.82) is 0 Å². The highest BCUT2D eigenvalue weighted by Crippen LogP contribution is 1.88. The number of fused-ring (bicyclic) bond motifs is 1. The third kappa shape index (κ3) is 1.08. The van der Waals surface area contributed by atoms with Gasteiger partial charge in [-0.15, -0.1) is 0 Å². The van der Waals surface area contributed by atoms with Crippen LogP contribution >= 0.6 is 0 Å². The summed E-state index contributed by atoms with van der Waals surface area (Å²) >= 11 is 0. The van der Waals surface area contributed by atoms with Crippen LogP contribution in [0.3, 0.4) is 0 Å². The largest absolute Gasteiger partial charge is 0.368 e. The summed E-state index contributed by atoms with van der Waals surface area (Å²) in [6.07, 6.45) is 2.62. The highest BCUT2D eigenvalue weighted by molar-refractivity contribution is 5.93. The van der Waals surface area contributed by atoms with Gasteiger partial charge in [0.25, 0.3) is 5.91 Å². The highest BCUT2D eigenvalue weighted by Gasteiger charge is 2.12. The van der Waals surface area contributed by atoms with Crippen molar-refractivity contribution >= 4 is 11.9 Å². The SMILES string of the molecule is NC(=O)c1cncc2c1=NC(=O)N=2. The molecule has 0 atom stereocenters. The number of hydrogen-bond acceptors (Lipinski definition) is 3. The van der Waals surface area contributed by atoms with E-state index in [1.165, 1.54) is 12.4 Å². The summed E-state index contributed by atoms with van der Waals surface area (Å²) in [6, 6.07) is -0.634. The number of amides is 3. The summed E-state index contributed by atoms with van der Waals surface area (Å²) in [6.45, 7) is 0. The molecule has 6 nitrogen and oxygen atoms in total. The summed E-state index contributed by atoms with van der Waals surface area (Å²) < 4.78 is 0. The molecule has 0 aliphatic carbocycles. The van der Waals surface area contributed by atoms with Gasteiger partial charge < -0.3 is 5.73 Å². The average molecular weight is 176 g/mol. The minimum Gasteiger partial charge on any atom is -0.365 e. The van der Waals surface area contributed by atoms with Crippen LogP contribution in [0.1, 0.15) is 10.4 Å². The van der Waals surface area contributed by atoms with Crippen molar-refractivity contribution in [1.82, 2.24) is 4.98 Å². The number of carbonyl (C=O) groups is 2. The second kappa shape index (κ2) is 2.44. The van der Waals surface area contributed by atoms with Crippen molar-refractivity contribution < 1.29 is 9.59 Å². The zero-order chi connectivity index (χ0) is 9.42. The molecular formula is C7H4N4O2. The third-order valence-corrected chi connectivity index (χ3v) is 1.59. The van der Waals surface area contributed by atoms with Gasteiger partial charge >= 0.3 is 6.03 Å². The van der Waals surface area contributed by atoms with E-state index < -0.39 is 11.9 Å². The molecule has 64 valence electrons. The van der Waals surface area contributed by atoms with Crippen LogP contribution in [0.5, 0.6) is 0 Å². The van der Waals surface area contributed by atoms with Gasteiger partial charge in [-0.1, -0.05) is 0 Å². The molecule has 0 bridgehead atoms. The normalized spacial score (nSPS) is 13.1. The molecule has 0 radical (unpaired) electrons. The lowest BCUT2D eigenvalue weighted by Crippen LogP contribution is -2.32. The van der Waals surface area contributed by atoms with Crippen LogP contribution in [0, 0.1) is 0 Å². The van der Waals surface area contributed by atoms with Crippen LogP contribution in [-0.4, -0.2) is 16.9 Å². The van der Waals surface area contributed by atoms with Crippen molar-refractivity contribution in [2.24, 2.45) is 15.7 Å². The molecule has 0 saturated heterocycles. The molecule has 1 aromatic rings. The Balaban J connectivity index is 2.88. The Morgan fingerprint density at radius 1 is 1.31 bits per heavy atom. The van der Waals surface area contributed by atoms with Crippen LogP contribution in [-0.2, 0) is 0 Å². The summed E-state index contributed by atoms with van der Waals surface area (Å²) in [5.74, 6) is -0.669. The molecule has 0 unspecified atom stereocenters. The second-order valence-electron chi connectivity index (χ2n) is 2.43. The molecule has 0 fully saturated rings. The maximum Gasteiger partial charge on any atom is 0.368 e. The predicted octanol–water partition coefficient (Wildman–Crippen LogP) is -1.45. The maximum atomic E-state index is 10.8. The summed E-state index contributed by atoms with van der Waals surface area (Å²) in [5, 5.41) is 0.508. The van der Waals surface area contributed by atoms with Gasteiger partial charge in [-0.3, -0.25) is 9.78 Å². The number of nitrogens with two attached hydrogens (primary N) is 1. The molecule has 13 heavy (non-hydrogen) atoms. The van der Waals surface area contributed by atoms with Crippen LogP contribution in [0.15, 0.2) is 22.4 Å². The number of pyridine rings is 1. The Labute approximate surface area is 71.8 Å². The Kier molecular flexibility index (Phi) is 1.42. The molecule has 2 N–H and O–H groups in total. The Bertz CT molecular complexity index is 520. The molecule has 2 rings (SSSR count). The van der Waals surface area contributed by atoms with E-state index in [0.717, 1.165) is 0 Å². The molecule has 0 spiro atoms. The van der Waals surface area contributed by atoms with Crippen molar-refractivity contribution in [3.05, 3.63) is 28.7 Å². The van der Waals surface area contributed by atoms with Crippen LogP contribution < -0.4 is 16.4 Å². The first kappa shape index (κ1) is 7.53. The number of rotatable bonds is 1. The number of carbonyl (C=O) groups excluding carboxylic acids is 2. The van der Waals surface area contributed by atoms with E-state index in [1.807, 2.05) is 0 Å². The molecular weight excluding hydrogens is 172 g/mol. The van der Waals surface area contributed by atoms with Gasteiger partial charge in [0, 0.05) is 6.20 Å². The van der Waals surface area contributed by atoms with Crippen LogP contribution in [0.2, 0.25) is 0 Å². The zero-order valence-electron chi connectivity index (χ0n) is 6.39. The van der Waals surface area contributed by atoms with E-state index in [2.05, 4.69) is 15.0 Å². The molecule has 1 aliphatic heterocycles. The third-order valence-electron chi connectivity index (χ3n) is 1.59. The summed E-state index contributed by atoms with van der Waals surface area (Å²) in [5.41, 5.74) is 5.16. The monoisotopic (exact) mass is 176 g/mol. The fraction of sp³-hybridized carbons (Fsp3) is 0. The second-order valence-corrected chi connectivity index (χ2v) is 2.43. The number of hydrogen-bond donors (Lipinski definition) is 1. The lowest BCUT2D eigenvalue weighted by Gasteiger charge is -1.90. The maximum absolute atomic E-state index is 10.8. The molecule has 3 amide bonds. The topological polar surface area (TPSA) is 97.8 Å². The number of urea groups is 1. The molecule has 1 aromatic heterocycles. The van der Waals surface area contributed by atoms with Gasteiger partial charge in [-0.25, -0.2) is 4.79 Å². The van der Waals surface area contributed by atoms with E-state index >= 15 is 0 Å². The quantitative estimate of drug-likeness (QED) is 0.566. The Morgan fingerprint density at radius 2 is 2.08 bits per heavy atom. The lowest BCUT2D eigenvalue weighted by molar-refractivity contribution is 0.0998. The average Bonchev–Trinajstić information content (AvgIpc) is 2.43. The standard InChI is InChI=1S/C7H4N4O2/c8-6(12)3-1-9-2-4-5(3)11-7(13)10-4/h1-2H,(H2,8,12). The first-order valence-corrected chi connectivity index (χ1v) is 3.44. The molecule has 1 aliphatic rings. The molecule has 6 heteroatoms. The van der Waals surface area contributed by atoms with E-state index in [-0.39, 0.29) is 10.9 Å². The van der Waals surface area contributed by atoms with Gasteiger partial charge in [0.05, 0.1) is 11.8 Å². The lowest BCUT2D eigenvalue weighted by atomic mass is 10.2. The predicted molar refractivity (Wildman–Crippen MR) is 40.5 cm³/mol. The summed E-state index contributed by atoms with van der Waals surface area (Å²) in [7, 11) is 0. The molecule has 2 heterocycles. The zero-order valence-corrected chi connectivity index (χ0v) is 6.39. The van der Waals surface area contributed by atoms with Crippen molar-refractivity contribution in [2.75, 3.05) is 0 Å². The van der Waals surface area contributed by atoms with Crippen molar-refractivity contribution in [3.63, 3.8) is 0 Å². The smallest absolute Gasteiger partial charge is 0.365 e. The Hall–Kier alpha value is -2.11. The van der Waals surface area contributed by atoms with Gasteiger partial charge in [-0.05, 0) is 0 Å². The first-order valence-electron chi connectivity index (χ1n) is 3.44. The Morgan fingerprint density at radius 3 is 2.77 bits per heavy atom. The minimum absolute atomic E-state index is 0.118. The van der Waals surface area contributed by atoms with Crippen LogP contribution in [0.4, 0.5) is 4.79 Å². The van der Waals surface area contributed by atoms with Crippen molar-refractivity contribution in [2.45, 2.75) is 0 Å². The van der Waals surface area contributed by atoms with Gasteiger partial charge in [0.2, 0.25) is 0 Å². The number of nitrogens with zero attached hydrogens (tertiary/aromatic N) is 3. The minimum atomic E-state index is -0.669. The van der Waals surface area contributed by atoms with Crippen LogP contribution in [0.25, 0.3) is 0 Å². The first-order chi connectivity index (χ1) is 6.18. The molecule has 0 saturated carbocycles. The fourth-order valence-electron chi connectivity index (χ4n) is 1.05. The number of aromatic nitrogens is 1. The van der Waals surface area contributed by atoms with Gasteiger partial charge in [0.1, 0.15) is 10.7 Å². The number of primary amides is 1. The fourth-order valence-corrected chi connectivity index (χ4v) is 1.05. The van der Waals surface area contributed by atoms with E-state index in [4.69, 9.17) is 5.73 Å². The highest BCUT2D eigenvalue weighted by atomic mass is 16.2. The van der Waals surface area contributed by atoms with Crippen molar-refractivity contribution in [3.8, 4) is 0 Å². The van der Waals surface area contributed by atoms with E-state index in [0.29, 0.717) is 5.36 Å². The van der Waals surface area contributed by atoms with E-state index in [9.17, 15) is 9.59 Å². The van der Waals surface area contributed by atoms with E-state index in [1.54, 1.807) is 0 Å². The van der Waals surface area contributed by atoms with Gasteiger partial charge in [-0.2, -0.15) is 9.98 Å².